The van der Waals surface area contributed by atoms with Gasteiger partial charge in [0, 0.05) is 40.3 Å². The molecule has 0 radical (unpaired) electrons. The summed E-state index contributed by atoms with van der Waals surface area (Å²) in [5.74, 6) is 1.10. The number of para-hydroxylation sites is 1. The molecule has 0 unspecified atom stereocenters. The first-order valence-electron chi connectivity index (χ1n) is 8.01. The molecule has 0 fully saturated rings. The number of halogens is 1. The standard InChI is InChI=1S/C19H15ClN4OS/c1-24-18(12-6-8-13(20)9-7-12)22-23-19(24)26-11-17(25)15-10-21-16-5-3-2-4-14(15)16/h2-10,21H,11H2,1H3. The number of Topliss-reactive ketones (excluding diaryl/α,β-unsaturated/α-hetero) is 1. The van der Waals surface area contributed by atoms with Crippen molar-refractivity contribution < 1.29 is 4.79 Å². The van der Waals surface area contributed by atoms with Gasteiger partial charge in [0.25, 0.3) is 0 Å². The summed E-state index contributed by atoms with van der Waals surface area (Å²) < 4.78 is 1.89. The van der Waals surface area contributed by atoms with Gasteiger partial charge in [0.15, 0.2) is 16.8 Å². The Morgan fingerprint density at radius 1 is 1.15 bits per heavy atom. The summed E-state index contributed by atoms with van der Waals surface area (Å²) in [6.45, 7) is 0. The van der Waals surface area contributed by atoms with Crippen LogP contribution in [0.3, 0.4) is 0 Å². The Labute approximate surface area is 159 Å². The Hall–Kier alpha value is -2.57. The van der Waals surface area contributed by atoms with Crippen molar-refractivity contribution in [1.82, 2.24) is 19.7 Å². The van der Waals surface area contributed by atoms with Crippen molar-refractivity contribution in [1.29, 1.82) is 0 Å². The van der Waals surface area contributed by atoms with Gasteiger partial charge in [0.2, 0.25) is 0 Å². The lowest BCUT2D eigenvalue weighted by atomic mass is 10.1. The molecule has 2 heterocycles. The second-order valence-electron chi connectivity index (χ2n) is 5.83. The Morgan fingerprint density at radius 3 is 2.73 bits per heavy atom. The Kier molecular flexibility index (Phi) is 4.53. The minimum Gasteiger partial charge on any atom is -0.360 e. The number of hydrogen-bond acceptors (Lipinski definition) is 4. The van der Waals surface area contributed by atoms with Crippen LogP contribution in [0.5, 0.6) is 0 Å². The van der Waals surface area contributed by atoms with Gasteiger partial charge in [-0.1, -0.05) is 41.6 Å². The van der Waals surface area contributed by atoms with E-state index in [2.05, 4.69) is 15.2 Å². The average Bonchev–Trinajstić information content (AvgIpc) is 3.24. The molecule has 0 saturated heterocycles. The van der Waals surface area contributed by atoms with Crippen LogP contribution in [0.2, 0.25) is 5.02 Å². The van der Waals surface area contributed by atoms with Crippen molar-refractivity contribution in [2.45, 2.75) is 5.16 Å². The molecule has 0 aliphatic rings. The molecule has 0 amide bonds. The number of nitrogens with one attached hydrogen (secondary N) is 1. The largest absolute Gasteiger partial charge is 0.360 e. The number of nitrogens with zero attached hydrogens (tertiary/aromatic N) is 3. The van der Waals surface area contributed by atoms with E-state index in [4.69, 9.17) is 11.6 Å². The maximum absolute atomic E-state index is 12.6. The quantitative estimate of drug-likeness (QED) is 0.405. The Balaban J connectivity index is 1.51. The highest BCUT2D eigenvalue weighted by molar-refractivity contribution is 7.99. The first kappa shape index (κ1) is 16.9. The first-order chi connectivity index (χ1) is 12.6. The SMILES string of the molecule is Cn1c(SCC(=O)c2c[nH]c3ccccc23)nnc1-c1ccc(Cl)cc1. The second-order valence-corrected chi connectivity index (χ2v) is 7.21. The van der Waals surface area contributed by atoms with Crippen LogP contribution >= 0.6 is 23.4 Å². The number of ketones is 1. The van der Waals surface area contributed by atoms with E-state index in [0.717, 1.165) is 22.3 Å². The maximum Gasteiger partial charge on any atom is 0.191 e. The zero-order valence-electron chi connectivity index (χ0n) is 13.9. The van der Waals surface area contributed by atoms with Crippen molar-refractivity contribution in [3.8, 4) is 11.4 Å². The topological polar surface area (TPSA) is 63.6 Å². The highest BCUT2D eigenvalue weighted by Crippen LogP contribution is 2.25. The first-order valence-corrected chi connectivity index (χ1v) is 9.37. The van der Waals surface area contributed by atoms with E-state index in [0.29, 0.717) is 21.5 Å². The minimum absolute atomic E-state index is 0.0588. The highest BCUT2D eigenvalue weighted by Gasteiger charge is 2.16. The van der Waals surface area contributed by atoms with Gasteiger partial charge in [-0.2, -0.15) is 0 Å². The third-order valence-electron chi connectivity index (χ3n) is 4.16. The molecule has 0 aliphatic heterocycles. The van der Waals surface area contributed by atoms with Gasteiger partial charge in [-0.3, -0.25) is 4.79 Å². The fourth-order valence-electron chi connectivity index (χ4n) is 2.80. The number of rotatable bonds is 5. The third kappa shape index (κ3) is 3.13. The lowest BCUT2D eigenvalue weighted by molar-refractivity contribution is 0.102. The molecule has 0 atom stereocenters. The molecule has 1 N–H and O–H groups in total. The summed E-state index contributed by atoms with van der Waals surface area (Å²) in [6, 6.07) is 15.2. The van der Waals surface area contributed by atoms with Crippen LogP contribution < -0.4 is 0 Å². The number of H-pyrrole nitrogens is 1. The van der Waals surface area contributed by atoms with E-state index < -0.39 is 0 Å². The van der Waals surface area contributed by atoms with E-state index >= 15 is 0 Å². The molecule has 2 aromatic carbocycles. The zero-order chi connectivity index (χ0) is 18.1. The fraction of sp³-hybridized carbons (Fsp3) is 0.105. The molecular weight excluding hydrogens is 368 g/mol. The summed E-state index contributed by atoms with van der Waals surface area (Å²) in [5.41, 5.74) is 2.59. The monoisotopic (exact) mass is 382 g/mol. The maximum atomic E-state index is 12.6. The van der Waals surface area contributed by atoms with Crippen molar-refractivity contribution >= 4 is 40.0 Å². The fourth-order valence-corrected chi connectivity index (χ4v) is 3.72. The lowest BCUT2D eigenvalue weighted by Gasteiger charge is -2.04. The number of carbonyl (C=O) groups excluding carboxylic acids is 1. The van der Waals surface area contributed by atoms with E-state index in [1.807, 2.05) is 60.1 Å². The van der Waals surface area contributed by atoms with E-state index in [1.165, 1.54) is 11.8 Å². The lowest BCUT2D eigenvalue weighted by Crippen LogP contribution is -2.03. The van der Waals surface area contributed by atoms with E-state index in [1.54, 1.807) is 6.20 Å². The molecule has 0 bridgehead atoms. The summed E-state index contributed by atoms with van der Waals surface area (Å²) in [5, 5.41) is 10.8. The molecule has 2 aromatic heterocycles. The van der Waals surface area contributed by atoms with Gasteiger partial charge in [-0.05, 0) is 30.3 Å². The molecule has 7 heteroatoms. The van der Waals surface area contributed by atoms with Crippen LogP contribution in [0.25, 0.3) is 22.3 Å². The number of aromatic amines is 1. The number of hydrogen-bond donors (Lipinski definition) is 1. The van der Waals surface area contributed by atoms with Gasteiger partial charge in [0.05, 0.1) is 5.75 Å². The number of fused-ring (bicyclic) bond motifs is 1. The van der Waals surface area contributed by atoms with Crippen LogP contribution in [0.15, 0.2) is 59.9 Å². The van der Waals surface area contributed by atoms with Gasteiger partial charge in [-0.25, -0.2) is 0 Å². The van der Waals surface area contributed by atoms with Crippen molar-refractivity contribution in [3.05, 3.63) is 65.3 Å². The molecule has 130 valence electrons. The van der Waals surface area contributed by atoms with Crippen molar-refractivity contribution in [3.63, 3.8) is 0 Å². The van der Waals surface area contributed by atoms with Crippen LogP contribution in [0.1, 0.15) is 10.4 Å². The van der Waals surface area contributed by atoms with E-state index in [9.17, 15) is 4.79 Å². The summed E-state index contributed by atoms with van der Waals surface area (Å²) in [7, 11) is 1.89. The Bertz CT molecular complexity index is 1080. The smallest absolute Gasteiger partial charge is 0.191 e. The molecule has 4 rings (SSSR count). The summed E-state index contributed by atoms with van der Waals surface area (Å²) >= 11 is 7.31. The molecule has 26 heavy (non-hydrogen) atoms. The molecular formula is C19H15ClN4OS. The molecule has 4 aromatic rings. The average molecular weight is 383 g/mol. The zero-order valence-corrected chi connectivity index (χ0v) is 15.5. The van der Waals surface area contributed by atoms with Crippen molar-refractivity contribution in [2.75, 3.05) is 5.75 Å². The number of thioether (sulfide) groups is 1. The van der Waals surface area contributed by atoms with Crippen LogP contribution in [0.4, 0.5) is 0 Å². The number of benzene rings is 2. The molecule has 0 saturated carbocycles. The van der Waals surface area contributed by atoms with Crippen LogP contribution in [0, 0.1) is 0 Å². The van der Waals surface area contributed by atoms with Gasteiger partial charge in [-0.15, -0.1) is 10.2 Å². The molecule has 5 nitrogen and oxygen atoms in total. The van der Waals surface area contributed by atoms with Crippen molar-refractivity contribution in [2.24, 2.45) is 7.05 Å². The normalized spacial score (nSPS) is 11.2. The number of carbonyl (C=O) groups is 1. The summed E-state index contributed by atoms with van der Waals surface area (Å²) in [4.78, 5) is 15.7. The summed E-state index contributed by atoms with van der Waals surface area (Å²) in [6.07, 6.45) is 1.77. The molecule has 0 aliphatic carbocycles. The van der Waals surface area contributed by atoms with Crippen LogP contribution in [-0.4, -0.2) is 31.3 Å². The van der Waals surface area contributed by atoms with Gasteiger partial charge in [0.1, 0.15) is 0 Å². The Morgan fingerprint density at radius 2 is 1.92 bits per heavy atom. The van der Waals surface area contributed by atoms with Gasteiger partial charge >= 0.3 is 0 Å². The van der Waals surface area contributed by atoms with Crippen LogP contribution in [-0.2, 0) is 7.05 Å². The minimum atomic E-state index is 0.0588. The molecule has 0 spiro atoms. The third-order valence-corrected chi connectivity index (χ3v) is 5.43. The highest BCUT2D eigenvalue weighted by atomic mass is 35.5. The van der Waals surface area contributed by atoms with E-state index in [-0.39, 0.29) is 5.78 Å². The second kappa shape index (κ2) is 6.97. The predicted molar refractivity (Wildman–Crippen MR) is 105 cm³/mol. The van der Waals surface area contributed by atoms with Gasteiger partial charge < -0.3 is 9.55 Å². The number of aromatic nitrogens is 4. The predicted octanol–water partition coefficient (Wildman–Crippen LogP) is 4.59.